The lowest BCUT2D eigenvalue weighted by atomic mass is 9.98. The van der Waals surface area contributed by atoms with E-state index in [1.165, 1.54) is 5.56 Å². The molecule has 0 bridgehead atoms. The fourth-order valence-electron chi connectivity index (χ4n) is 6.06. The number of ether oxygens (including phenoxy) is 1. The predicted octanol–water partition coefficient (Wildman–Crippen LogP) is 5.69. The minimum absolute atomic E-state index is 0.0516. The molecule has 2 aliphatic heterocycles. The number of nitrogens with one attached hydrogen (secondary N) is 1. The van der Waals surface area contributed by atoms with Crippen molar-refractivity contribution in [2.45, 2.75) is 18.7 Å². The van der Waals surface area contributed by atoms with E-state index in [-0.39, 0.29) is 5.56 Å². The molecule has 0 saturated carbocycles. The number of thioether (sulfide) groups is 1. The molecule has 2 aliphatic rings. The first kappa shape index (κ1) is 30.1. The van der Waals surface area contributed by atoms with Gasteiger partial charge in [0.1, 0.15) is 5.65 Å². The van der Waals surface area contributed by atoms with Crippen molar-refractivity contribution in [2.24, 2.45) is 0 Å². The molecule has 0 radical (unpaired) electrons. The van der Waals surface area contributed by atoms with Gasteiger partial charge in [0, 0.05) is 84.0 Å². The van der Waals surface area contributed by atoms with Gasteiger partial charge in [-0.1, -0.05) is 24.3 Å². The molecular weight excluding hydrogens is 603 g/mol. The first-order chi connectivity index (χ1) is 22.0. The van der Waals surface area contributed by atoms with Crippen LogP contribution in [-0.4, -0.2) is 88.1 Å². The van der Waals surface area contributed by atoms with Crippen LogP contribution in [0.3, 0.4) is 0 Å². The second kappa shape index (κ2) is 13.4. The van der Waals surface area contributed by atoms with Gasteiger partial charge in [-0.05, 0) is 54.9 Å². The Hall–Kier alpha value is -3.61. The Morgan fingerprint density at radius 3 is 2.60 bits per heavy atom. The van der Waals surface area contributed by atoms with Gasteiger partial charge in [-0.3, -0.25) is 14.3 Å². The molecule has 5 aromatic rings. The van der Waals surface area contributed by atoms with Gasteiger partial charge in [0.05, 0.1) is 24.4 Å². The average Bonchev–Trinajstić information content (AvgIpc) is 3.61. The number of likely N-dealkylation sites (N-methyl/N-ethyl adjacent to an activating group) is 1. The molecular formula is C34H37N7O2S2. The number of nitrogens with zero attached hydrogens (tertiary/aromatic N) is 6. The van der Waals surface area contributed by atoms with Crippen LogP contribution >= 0.6 is 23.1 Å². The maximum absolute atomic E-state index is 14.2. The summed E-state index contributed by atoms with van der Waals surface area (Å²) in [6, 6.07) is 16.7. The molecule has 2 fully saturated rings. The third kappa shape index (κ3) is 6.68. The standard InChI is InChI=1S/C34H37N7O2S2/c1-23-17-25(30-21-44-22-36-30)5-8-28(23)29-18-26-19-35-34(37-27-6-3-24(4-7-27)31-20-39(2)13-16-45-31)38-32(26)41(33(29)42)10-9-40-11-14-43-15-12-40/h3-8,17-19,21-22,31H,9-16,20H2,1-2H3,(H,35,37,38). The maximum Gasteiger partial charge on any atom is 0.260 e. The second-order valence-electron chi connectivity index (χ2n) is 11.7. The lowest BCUT2D eigenvalue weighted by Crippen LogP contribution is -2.39. The van der Waals surface area contributed by atoms with E-state index in [4.69, 9.17) is 9.72 Å². The molecule has 1 N–H and O–H groups in total. The number of thiazole rings is 1. The summed E-state index contributed by atoms with van der Waals surface area (Å²) in [7, 11) is 2.18. The van der Waals surface area contributed by atoms with E-state index >= 15 is 0 Å². The van der Waals surface area contributed by atoms with E-state index in [0.717, 1.165) is 71.9 Å². The van der Waals surface area contributed by atoms with Crippen molar-refractivity contribution in [3.63, 3.8) is 0 Å². The summed E-state index contributed by atoms with van der Waals surface area (Å²) in [5.74, 6) is 1.62. The van der Waals surface area contributed by atoms with E-state index in [2.05, 4.69) is 62.5 Å². The van der Waals surface area contributed by atoms with Crippen molar-refractivity contribution < 1.29 is 4.74 Å². The van der Waals surface area contributed by atoms with Crippen LogP contribution in [0.25, 0.3) is 33.4 Å². The van der Waals surface area contributed by atoms with Gasteiger partial charge in [-0.25, -0.2) is 9.97 Å². The molecule has 0 amide bonds. The molecule has 45 heavy (non-hydrogen) atoms. The Kier molecular flexibility index (Phi) is 8.95. The van der Waals surface area contributed by atoms with Crippen molar-refractivity contribution in [2.75, 3.05) is 64.1 Å². The molecule has 5 heterocycles. The van der Waals surface area contributed by atoms with Gasteiger partial charge >= 0.3 is 0 Å². The fraction of sp³-hybridized carbons (Fsp3) is 0.353. The SMILES string of the molecule is Cc1cc(-c2cscn2)ccc1-c1cc2cnc(Nc3ccc(C4CN(C)CCS4)cc3)nc2n(CCN2CCOCC2)c1=O. The van der Waals surface area contributed by atoms with Gasteiger partial charge in [-0.2, -0.15) is 16.7 Å². The van der Waals surface area contributed by atoms with Crippen LogP contribution in [0.2, 0.25) is 0 Å². The highest BCUT2D eigenvalue weighted by molar-refractivity contribution is 7.99. The summed E-state index contributed by atoms with van der Waals surface area (Å²) in [6.07, 6.45) is 1.82. The largest absolute Gasteiger partial charge is 0.379 e. The minimum atomic E-state index is -0.0516. The number of fused-ring (bicyclic) bond motifs is 1. The Morgan fingerprint density at radius 1 is 1.00 bits per heavy atom. The van der Waals surface area contributed by atoms with E-state index in [1.54, 1.807) is 11.3 Å². The highest BCUT2D eigenvalue weighted by Gasteiger charge is 2.20. The molecule has 7 rings (SSSR count). The van der Waals surface area contributed by atoms with E-state index < -0.39 is 0 Å². The molecule has 232 valence electrons. The number of anilines is 2. The van der Waals surface area contributed by atoms with Crippen molar-refractivity contribution >= 4 is 45.8 Å². The second-order valence-corrected chi connectivity index (χ2v) is 13.7. The Bertz CT molecular complexity index is 1840. The quantitative estimate of drug-likeness (QED) is 0.230. The Labute approximate surface area is 271 Å². The van der Waals surface area contributed by atoms with Gasteiger partial charge < -0.3 is 15.0 Å². The molecule has 11 heteroatoms. The molecule has 0 aliphatic carbocycles. The molecule has 2 saturated heterocycles. The van der Waals surface area contributed by atoms with Crippen LogP contribution in [0.5, 0.6) is 0 Å². The molecule has 3 aromatic heterocycles. The van der Waals surface area contributed by atoms with Crippen molar-refractivity contribution in [1.29, 1.82) is 0 Å². The van der Waals surface area contributed by atoms with Crippen LogP contribution < -0.4 is 10.9 Å². The number of rotatable bonds is 8. The number of hydrogen-bond donors (Lipinski definition) is 1. The Balaban J connectivity index is 1.21. The summed E-state index contributed by atoms with van der Waals surface area (Å²) in [5, 5.41) is 6.72. The lowest BCUT2D eigenvalue weighted by molar-refractivity contribution is 0.0364. The van der Waals surface area contributed by atoms with Gasteiger partial charge in [-0.15, -0.1) is 11.3 Å². The zero-order valence-corrected chi connectivity index (χ0v) is 27.2. The molecule has 2 aromatic carbocycles. The minimum Gasteiger partial charge on any atom is -0.379 e. The van der Waals surface area contributed by atoms with Crippen LogP contribution in [0.1, 0.15) is 16.4 Å². The number of aryl methyl sites for hydroxylation is 1. The first-order valence-corrected chi connectivity index (χ1v) is 17.4. The highest BCUT2D eigenvalue weighted by Crippen LogP contribution is 2.33. The first-order valence-electron chi connectivity index (χ1n) is 15.4. The highest BCUT2D eigenvalue weighted by atomic mass is 32.2. The van der Waals surface area contributed by atoms with Crippen LogP contribution in [0, 0.1) is 6.92 Å². The maximum atomic E-state index is 14.2. The van der Waals surface area contributed by atoms with Crippen molar-refractivity contribution in [3.8, 4) is 22.4 Å². The monoisotopic (exact) mass is 639 g/mol. The summed E-state index contributed by atoms with van der Waals surface area (Å²) in [6.45, 7) is 8.66. The normalized spacial score (nSPS) is 18.0. The van der Waals surface area contributed by atoms with Gasteiger partial charge in [0.25, 0.3) is 5.56 Å². The van der Waals surface area contributed by atoms with Gasteiger partial charge in [0.2, 0.25) is 5.95 Å². The van der Waals surface area contributed by atoms with Crippen molar-refractivity contribution in [3.05, 3.63) is 87.1 Å². The fourth-order valence-corrected chi connectivity index (χ4v) is 8.03. The number of aromatic nitrogens is 4. The Morgan fingerprint density at radius 2 is 1.84 bits per heavy atom. The number of pyridine rings is 1. The predicted molar refractivity (Wildman–Crippen MR) is 185 cm³/mol. The van der Waals surface area contributed by atoms with Crippen molar-refractivity contribution in [1.82, 2.24) is 29.3 Å². The zero-order valence-electron chi connectivity index (χ0n) is 25.6. The summed E-state index contributed by atoms with van der Waals surface area (Å²) < 4.78 is 7.36. The topological polar surface area (TPSA) is 88.4 Å². The summed E-state index contributed by atoms with van der Waals surface area (Å²) >= 11 is 3.59. The lowest BCUT2D eigenvalue weighted by Gasteiger charge is -2.29. The van der Waals surface area contributed by atoms with E-state index in [9.17, 15) is 4.79 Å². The number of hydrogen-bond acceptors (Lipinski definition) is 10. The smallest absolute Gasteiger partial charge is 0.260 e. The third-order valence-electron chi connectivity index (χ3n) is 8.62. The summed E-state index contributed by atoms with van der Waals surface area (Å²) in [5.41, 5.74) is 9.23. The van der Waals surface area contributed by atoms with Crippen LogP contribution in [0.15, 0.2) is 70.4 Å². The van der Waals surface area contributed by atoms with E-state index in [1.807, 2.05) is 58.5 Å². The average molecular weight is 640 g/mol. The number of benzene rings is 2. The zero-order chi connectivity index (χ0) is 30.8. The summed E-state index contributed by atoms with van der Waals surface area (Å²) in [4.78, 5) is 33.0. The van der Waals surface area contributed by atoms with E-state index in [0.29, 0.717) is 42.2 Å². The molecule has 0 spiro atoms. The van der Waals surface area contributed by atoms with Crippen LogP contribution in [-0.2, 0) is 11.3 Å². The molecule has 1 unspecified atom stereocenters. The molecule has 1 atom stereocenters. The number of morpholine rings is 1. The van der Waals surface area contributed by atoms with Crippen LogP contribution in [0.4, 0.5) is 11.6 Å². The molecule has 9 nitrogen and oxygen atoms in total. The third-order valence-corrected chi connectivity index (χ3v) is 10.5. The van der Waals surface area contributed by atoms with Gasteiger partial charge in [0.15, 0.2) is 0 Å².